The maximum atomic E-state index is 13.0. The minimum atomic E-state index is -0.937. The molecule has 0 aromatic heterocycles. The number of rotatable bonds is 5. The summed E-state index contributed by atoms with van der Waals surface area (Å²) in [6, 6.07) is 13.1. The second-order valence-corrected chi connectivity index (χ2v) is 7.66. The minimum Gasteiger partial charge on any atom is -0.376 e. The fraction of sp³-hybridized carbons (Fsp3) is 0.261. The van der Waals surface area contributed by atoms with Crippen molar-refractivity contribution >= 4 is 29.0 Å². The minimum absolute atomic E-state index is 0.0837. The third-order valence-electron chi connectivity index (χ3n) is 5.03. The number of para-hydroxylation sites is 2. The number of anilines is 2. The summed E-state index contributed by atoms with van der Waals surface area (Å²) in [5.41, 5.74) is 1.63. The Kier molecular flexibility index (Phi) is 5.55. The lowest BCUT2D eigenvalue weighted by atomic mass is 10.0. The summed E-state index contributed by atoms with van der Waals surface area (Å²) in [6.07, 6.45) is 1.67. The summed E-state index contributed by atoms with van der Waals surface area (Å²) in [6.45, 7) is 7.68. The summed E-state index contributed by atoms with van der Waals surface area (Å²) in [7, 11) is 1.61. The Morgan fingerprint density at radius 3 is 2.52 bits per heavy atom. The highest BCUT2D eigenvalue weighted by Crippen LogP contribution is 2.26. The van der Waals surface area contributed by atoms with E-state index in [1.165, 1.54) is 4.90 Å². The first kappa shape index (κ1) is 20.3. The molecule has 3 rings (SSSR count). The first-order valence-corrected chi connectivity index (χ1v) is 9.45. The number of fused-ring (bicyclic) bond motifs is 1. The molecular formula is C23H25N3O3. The van der Waals surface area contributed by atoms with Crippen LogP contribution in [0.15, 0.2) is 61.2 Å². The van der Waals surface area contributed by atoms with Crippen LogP contribution < -0.4 is 15.5 Å². The normalized spacial score (nSPS) is 16.7. The first-order chi connectivity index (χ1) is 13.7. The zero-order valence-electron chi connectivity index (χ0n) is 16.9. The zero-order valence-corrected chi connectivity index (χ0v) is 16.9. The van der Waals surface area contributed by atoms with Crippen molar-refractivity contribution in [1.29, 1.82) is 0 Å². The fourth-order valence-electron chi connectivity index (χ4n) is 3.27. The van der Waals surface area contributed by atoms with Crippen LogP contribution in [0.1, 0.15) is 41.0 Å². The molecule has 1 atom stereocenters. The van der Waals surface area contributed by atoms with Gasteiger partial charge in [0.25, 0.3) is 5.91 Å². The molecule has 0 spiro atoms. The van der Waals surface area contributed by atoms with Gasteiger partial charge in [-0.15, -0.1) is 6.58 Å². The highest BCUT2D eigenvalue weighted by atomic mass is 16.2. The van der Waals surface area contributed by atoms with Gasteiger partial charge in [-0.2, -0.15) is 0 Å². The number of nitrogens with one attached hydrogen (secondary N) is 2. The van der Waals surface area contributed by atoms with Crippen LogP contribution in [-0.4, -0.2) is 36.2 Å². The van der Waals surface area contributed by atoms with Gasteiger partial charge in [-0.1, -0.05) is 30.3 Å². The molecule has 1 aliphatic rings. The molecule has 2 aromatic rings. The van der Waals surface area contributed by atoms with Crippen molar-refractivity contribution in [1.82, 2.24) is 5.32 Å². The number of carbonyl (C=O) groups is 3. The molecule has 0 fully saturated rings. The van der Waals surface area contributed by atoms with Gasteiger partial charge in [0, 0.05) is 30.3 Å². The average molecular weight is 391 g/mol. The van der Waals surface area contributed by atoms with Crippen LogP contribution in [0.4, 0.5) is 11.4 Å². The van der Waals surface area contributed by atoms with Crippen molar-refractivity contribution in [2.24, 2.45) is 0 Å². The van der Waals surface area contributed by atoms with Crippen LogP contribution in [-0.2, 0) is 4.79 Å². The van der Waals surface area contributed by atoms with Crippen LogP contribution in [0.3, 0.4) is 0 Å². The number of benzene rings is 2. The second-order valence-electron chi connectivity index (χ2n) is 7.66. The van der Waals surface area contributed by atoms with Crippen LogP contribution in [0, 0.1) is 0 Å². The van der Waals surface area contributed by atoms with Crippen molar-refractivity contribution in [3.63, 3.8) is 0 Å². The SMILES string of the molecule is C=CC(C)(C)Nc1ccccc1C(=O)N[C@H]1CC(=O)c2ccccc2N(C)C1=O. The molecule has 6 nitrogen and oxygen atoms in total. The van der Waals surface area contributed by atoms with Crippen LogP contribution in [0.5, 0.6) is 0 Å². The maximum absolute atomic E-state index is 13.0. The van der Waals surface area contributed by atoms with Gasteiger partial charge >= 0.3 is 0 Å². The molecule has 6 heteroatoms. The molecule has 1 heterocycles. The summed E-state index contributed by atoms with van der Waals surface area (Å²) in [5.74, 6) is -0.921. The van der Waals surface area contributed by atoms with E-state index >= 15 is 0 Å². The van der Waals surface area contributed by atoms with Gasteiger partial charge in [-0.3, -0.25) is 14.4 Å². The number of hydrogen-bond acceptors (Lipinski definition) is 4. The molecule has 29 heavy (non-hydrogen) atoms. The molecule has 2 N–H and O–H groups in total. The summed E-state index contributed by atoms with van der Waals surface area (Å²) in [4.78, 5) is 40.0. The van der Waals surface area contributed by atoms with E-state index in [4.69, 9.17) is 0 Å². The molecular weight excluding hydrogens is 366 g/mol. The Bertz CT molecular complexity index is 981. The van der Waals surface area contributed by atoms with Gasteiger partial charge in [0.2, 0.25) is 5.91 Å². The average Bonchev–Trinajstić information content (AvgIpc) is 2.79. The third-order valence-corrected chi connectivity index (χ3v) is 5.03. The molecule has 0 unspecified atom stereocenters. The van der Waals surface area contributed by atoms with Crippen molar-refractivity contribution in [3.8, 4) is 0 Å². The lowest BCUT2D eigenvalue weighted by molar-refractivity contribution is -0.120. The molecule has 1 aliphatic heterocycles. The predicted octanol–water partition coefficient (Wildman–Crippen LogP) is 3.41. The molecule has 2 amide bonds. The number of hydrogen-bond donors (Lipinski definition) is 2. The molecule has 0 radical (unpaired) electrons. The van der Waals surface area contributed by atoms with Crippen molar-refractivity contribution in [3.05, 3.63) is 72.3 Å². The van der Waals surface area contributed by atoms with E-state index in [0.29, 0.717) is 22.5 Å². The number of ketones is 1. The Labute approximate surface area is 170 Å². The third kappa shape index (κ3) is 4.21. The summed E-state index contributed by atoms with van der Waals surface area (Å²) >= 11 is 0. The van der Waals surface area contributed by atoms with Crippen LogP contribution in [0.2, 0.25) is 0 Å². The van der Waals surface area contributed by atoms with E-state index in [0.717, 1.165) is 0 Å². The molecule has 0 aliphatic carbocycles. The van der Waals surface area contributed by atoms with E-state index in [-0.39, 0.29) is 18.1 Å². The van der Waals surface area contributed by atoms with Gasteiger partial charge in [0.1, 0.15) is 6.04 Å². The number of Topliss-reactive ketones (excluding diaryl/α,β-unsaturated/α-hetero) is 1. The lowest BCUT2D eigenvalue weighted by Gasteiger charge is -2.26. The van der Waals surface area contributed by atoms with Gasteiger partial charge in [0.05, 0.1) is 11.3 Å². The lowest BCUT2D eigenvalue weighted by Crippen LogP contribution is -2.47. The van der Waals surface area contributed by atoms with Gasteiger partial charge in [0.15, 0.2) is 5.78 Å². The monoisotopic (exact) mass is 391 g/mol. The zero-order chi connectivity index (χ0) is 21.2. The first-order valence-electron chi connectivity index (χ1n) is 9.45. The van der Waals surface area contributed by atoms with E-state index in [1.807, 2.05) is 19.9 Å². The predicted molar refractivity (Wildman–Crippen MR) is 114 cm³/mol. The maximum Gasteiger partial charge on any atom is 0.254 e. The topological polar surface area (TPSA) is 78.5 Å². The smallest absolute Gasteiger partial charge is 0.254 e. The Hall–Kier alpha value is -3.41. The fourth-order valence-corrected chi connectivity index (χ4v) is 3.27. The van der Waals surface area contributed by atoms with Crippen molar-refractivity contribution < 1.29 is 14.4 Å². The molecule has 2 aromatic carbocycles. The Morgan fingerprint density at radius 1 is 1.14 bits per heavy atom. The van der Waals surface area contributed by atoms with Gasteiger partial charge < -0.3 is 15.5 Å². The number of nitrogens with zero attached hydrogens (tertiary/aromatic N) is 1. The quantitative estimate of drug-likeness (QED) is 0.766. The summed E-state index contributed by atoms with van der Waals surface area (Å²) in [5, 5.41) is 6.02. The van der Waals surface area contributed by atoms with E-state index in [9.17, 15) is 14.4 Å². The van der Waals surface area contributed by atoms with Gasteiger partial charge in [-0.05, 0) is 38.1 Å². The Morgan fingerprint density at radius 2 is 1.79 bits per heavy atom. The molecule has 0 saturated heterocycles. The number of carbonyl (C=O) groups excluding carboxylic acids is 3. The van der Waals surface area contributed by atoms with Crippen LogP contribution >= 0.6 is 0 Å². The standard InChI is InChI=1S/C23H25N3O3/c1-5-23(2,3)25-17-12-8-6-10-15(17)21(28)24-18-14-20(27)16-11-7-9-13-19(16)26(4)22(18)29/h5-13,18,25H,1,14H2,2-4H3,(H,24,28)/t18-/m0/s1. The van der Waals surface area contributed by atoms with E-state index in [1.54, 1.807) is 55.6 Å². The Balaban J connectivity index is 1.86. The molecule has 0 saturated carbocycles. The van der Waals surface area contributed by atoms with Crippen molar-refractivity contribution in [2.75, 3.05) is 17.3 Å². The molecule has 150 valence electrons. The largest absolute Gasteiger partial charge is 0.376 e. The molecule has 0 bridgehead atoms. The summed E-state index contributed by atoms with van der Waals surface area (Å²) < 4.78 is 0. The number of amides is 2. The number of likely N-dealkylation sites (N-methyl/N-ethyl adjacent to an activating group) is 1. The highest BCUT2D eigenvalue weighted by molar-refractivity contribution is 6.13. The van der Waals surface area contributed by atoms with Crippen LogP contribution in [0.25, 0.3) is 0 Å². The van der Waals surface area contributed by atoms with Crippen molar-refractivity contribution in [2.45, 2.75) is 31.8 Å². The second kappa shape index (κ2) is 7.91. The van der Waals surface area contributed by atoms with E-state index in [2.05, 4.69) is 17.2 Å². The highest BCUT2D eigenvalue weighted by Gasteiger charge is 2.33. The van der Waals surface area contributed by atoms with Gasteiger partial charge in [-0.25, -0.2) is 0 Å². The van der Waals surface area contributed by atoms with E-state index < -0.39 is 17.5 Å².